The van der Waals surface area contributed by atoms with Crippen LogP contribution in [0.2, 0.25) is 0 Å². The van der Waals surface area contributed by atoms with Crippen molar-refractivity contribution in [3.05, 3.63) is 32.9 Å². The molecule has 6 N–H and O–H groups in total. The van der Waals surface area contributed by atoms with E-state index in [0.717, 1.165) is 0 Å². The predicted molar refractivity (Wildman–Crippen MR) is 42.5 cm³/mol. The van der Waals surface area contributed by atoms with Crippen molar-refractivity contribution in [3.63, 3.8) is 0 Å². The van der Waals surface area contributed by atoms with E-state index in [1.807, 2.05) is 0 Å². The average Bonchev–Trinajstić information content (AvgIpc) is 2.36. The number of nitro groups is 2. The van der Waals surface area contributed by atoms with Gasteiger partial charge in [-0.2, -0.15) is 11.7 Å². The summed E-state index contributed by atoms with van der Waals surface area (Å²) in [4.78, 5) is 17.2. The molecule has 0 fully saturated rings. The maximum absolute atomic E-state index is 8.58. The fraction of sp³-hybridized carbons (Fsp3) is 0. The molecular formula is C2H8N8O4. The number of rotatable bonds is 0. The fourth-order valence-corrected chi connectivity index (χ4v) is 0.209. The van der Waals surface area contributed by atoms with E-state index < -0.39 is 10.1 Å². The second kappa shape index (κ2) is 8.44. The minimum atomic E-state index is -1.00. The van der Waals surface area contributed by atoms with Crippen molar-refractivity contribution >= 4 is 0 Å². The van der Waals surface area contributed by atoms with Crippen molar-refractivity contribution in [2.75, 3.05) is 5.84 Å². The van der Waals surface area contributed by atoms with E-state index in [-0.39, 0.29) is 0 Å². The first-order valence-corrected chi connectivity index (χ1v) is 2.74. The summed E-state index contributed by atoms with van der Waals surface area (Å²) in [6.45, 7) is 0. The van der Waals surface area contributed by atoms with E-state index in [1.54, 1.807) is 0 Å². The molecule has 0 saturated carbocycles. The lowest BCUT2D eigenvalue weighted by atomic mass is 11.3. The summed E-state index contributed by atoms with van der Waals surface area (Å²) in [7, 11) is 0. The highest BCUT2D eigenvalue weighted by Gasteiger charge is 1.71. The quantitative estimate of drug-likeness (QED) is 0.230. The maximum Gasteiger partial charge on any atom is 0.154 e. The van der Waals surface area contributed by atoms with Crippen LogP contribution in [0, 0.1) is 20.2 Å². The smallest absolute Gasteiger partial charge is 0.154 e. The Labute approximate surface area is 76.5 Å². The molecule has 14 heavy (non-hydrogen) atoms. The van der Waals surface area contributed by atoms with Crippen LogP contribution >= 0.6 is 0 Å². The van der Waals surface area contributed by atoms with Gasteiger partial charge in [0.1, 0.15) is 12.7 Å². The Morgan fingerprint density at radius 2 is 1.29 bits per heavy atom. The molecule has 0 saturated heterocycles. The predicted octanol–water partition coefficient (Wildman–Crippen LogP) is -2.73. The third-order valence-corrected chi connectivity index (χ3v) is 0.437. The van der Waals surface area contributed by atoms with Gasteiger partial charge in [-0.15, -0.1) is 10.2 Å². The standard InChI is InChI=1S/C2H4N4.2H2N2O2/c3-6-1-4-5-2-6;2*1-2(3)4/h1-2H,3H2;2*1H2. The number of aromatic nitrogens is 3. The molecule has 80 valence electrons. The van der Waals surface area contributed by atoms with Gasteiger partial charge >= 0.3 is 0 Å². The molecule has 0 unspecified atom stereocenters. The summed E-state index contributed by atoms with van der Waals surface area (Å²) in [5.74, 6) is 12.7. The molecule has 0 amide bonds. The molecule has 1 aromatic rings. The molecule has 0 radical (unpaired) electrons. The monoisotopic (exact) mass is 208 g/mol. The molecule has 1 heterocycles. The van der Waals surface area contributed by atoms with Crippen molar-refractivity contribution in [1.29, 1.82) is 0 Å². The summed E-state index contributed by atoms with van der Waals surface area (Å²) in [5.41, 5.74) is 0. The van der Waals surface area contributed by atoms with Crippen molar-refractivity contribution in [3.8, 4) is 0 Å². The Bertz CT molecular complexity index is 236. The topological polar surface area (TPSA) is 195 Å². The average molecular weight is 208 g/mol. The Morgan fingerprint density at radius 1 is 1.07 bits per heavy atom. The molecule has 0 aliphatic carbocycles. The Hall–Kier alpha value is -2.66. The maximum atomic E-state index is 8.58. The number of nitrogen functional groups attached to an aromatic ring is 1. The molecular weight excluding hydrogens is 200 g/mol. The van der Waals surface area contributed by atoms with Gasteiger partial charge in [-0.1, -0.05) is 0 Å². The molecule has 1 rings (SSSR count). The van der Waals surface area contributed by atoms with Gasteiger partial charge in [0.25, 0.3) is 0 Å². The summed E-state index contributed by atoms with van der Waals surface area (Å²) < 4.78 is 1.28. The van der Waals surface area contributed by atoms with Gasteiger partial charge in [0.05, 0.1) is 0 Å². The summed E-state index contributed by atoms with van der Waals surface area (Å²) in [6.07, 6.45) is 2.83. The van der Waals surface area contributed by atoms with Gasteiger partial charge in [-0.3, -0.25) is 0 Å². The minimum Gasteiger partial charge on any atom is -0.337 e. The van der Waals surface area contributed by atoms with Gasteiger partial charge < -0.3 is 5.84 Å². The first-order chi connectivity index (χ1) is 6.36. The SMILES string of the molecule is N[N+](=O)[O-].N[N+](=O)[O-].Nn1cnnc1. The number of nitrogens with zero attached hydrogens (tertiary/aromatic N) is 5. The first kappa shape index (κ1) is 13.9. The van der Waals surface area contributed by atoms with Gasteiger partial charge in [0.2, 0.25) is 0 Å². The van der Waals surface area contributed by atoms with E-state index in [4.69, 9.17) is 26.1 Å². The van der Waals surface area contributed by atoms with E-state index >= 15 is 0 Å². The Balaban J connectivity index is 0. The van der Waals surface area contributed by atoms with Crippen LogP contribution in [0.25, 0.3) is 0 Å². The van der Waals surface area contributed by atoms with Crippen molar-refractivity contribution in [1.82, 2.24) is 14.9 Å². The zero-order valence-corrected chi connectivity index (χ0v) is 6.76. The molecule has 0 bridgehead atoms. The van der Waals surface area contributed by atoms with Gasteiger partial charge in [-0.05, 0) is 0 Å². The van der Waals surface area contributed by atoms with Crippen molar-refractivity contribution < 1.29 is 10.1 Å². The van der Waals surface area contributed by atoms with Gasteiger partial charge in [0.15, 0.2) is 10.1 Å². The highest BCUT2D eigenvalue weighted by atomic mass is 16.7. The lowest BCUT2D eigenvalue weighted by Crippen LogP contribution is -2.04. The van der Waals surface area contributed by atoms with E-state index in [0.29, 0.717) is 0 Å². The molecule has 12 heteroatoms. The molecule has 0 aliphatic rings. The second-order valence-corrected chi connectivity index (χ2v) is 1.48. The number of hydrazine groups is 2. The zero-order valence-electron chi connectivity index (χ0n) is 6.76. The zero-order chi connectivity index (χ0) is 11.6. The van der Waals surface area contributed by atoms with Crippen LogP contribution in [0.4, 0.5) is 0 Å². The van der Waals surface area contributed by atoms with Crippen LogP contribution in [0.15, 0.2) is 12.7 Å². The summed E-state index contributed by atoms with van der Waals surface area (Å²) >= 11 is 0. The first-order valence-electron chi connectivity index (χ1n) is 2.74. The Morgan fingerprint density at radius 3 is 1.36 bits per heavy atom. The lowest BCUT2D eigenvalue weighted by molar-refractivity contribution is -0.491. The highest BCUT2D eigenvalue weighted by Crippen LogP contribution is 1.61. The van der Waals surface area contributed by atoms with Crippen LogP contribution in [-0.2, 0) is 0 Å². The Kier molecular flexibility index (Phi) is 8.38. The molecule has 0 aromatic carbocycles. The molecule has 12 nitrogen and oxygen atoms in total. The molecule has 1 aromatic heterocycles. The van der Waals surface area contributed by atoms with Gasteiger partial charge in [0, 0.05) is 0 Å². The van der Waals surface area contributed by atoms with Crippen LogP contribution in [-0.4, -0.2) is 24.9 Å². The second-order valence-electron chi connectivity index (χ2n) is 1.48. The minimum absolute atomic E-state index is 1.00. The highest BCUT2D eigenvalue weighted by molar-refractivity contribution is 4.55. The molecule has 0 atom stereocenters. The number of hydrogen-bond donors (Lipinski definition) is 3. The summed E-state index contributed by atoms with van der Waals surface area (Å²) in [6, 6.07) is 0. The number of hydrogen-bond acceptors (Lipinski definition) is 7. The van der Waals surface area contributed by atoms with E-state index in [2.05, 4.69) is 21.9 Å². The van der Waals surface area contributed by atoms with Crippen LogP contribution in [0.5, 0.6) is 0 Å². The van der Waals surface area contributed by atoms with E-state index in [9.17, 15) is 0 Å². The third kappa shape index (κ3) is 34.5. The van der Waals surface area contributed by atoms with Crippen LogP contribution < -0.4 is 17.5 Å². The third-order valence-electron chi connectivity index (χ3n) is 0.437. The van der Waals surface area contributed by atoms with Crippen molar-refractivity contribution in [2.45, 2.75) is 0 Å². The molecule has 0 aliphatic heterocycles. The summed E-state index contributed by atoms with van der Waals surface area (Å²) in [5, 5.41) is 22.0. The van der Waals surface area contributed by atoms with Gasteiger partial charge in [-0.25, -0.2) is 24.9 Å². The van der Waals surface area contributed by atoms with Crippen molar-refractivity contribution in [2.24, 2.45) is 11.7 Å². The van der Waals surface area contributed by atoms with Crippen LogP contribution in [0.3, 0.4) is 0 Å². The molecule has 0 spiro atoms. The number of nitrogens with two attached hydrogens (primary N) is 3. The van der Waals surface area contributed by atoms with E-state index in [1.165, 1.54) is 17.3 Å². The largest absolute Gasteiger partial charge is 0.337 e. The lowest BCUT2D eigenvalue weighted by Gasteiger charge is -1.76. The van der Waals surface area contributed by atoms with Crippen LogP contribution in [0.1, 0.15) is 0 Å². The normalized spacial score (nSPS) is 7.14. The fourth-order valence-electron chi connectivity index (χ4n) is 0.209.